The Bertz CT molecular complexity index is 919. The van der Waals surface area contributed by atoms with Crippen LogP contribution in [-0.2, 0) is 20.5 Å². The summed E-state index contributed by atoms with van der Waals surface area (Å²) in [5, 5.41) is 11.6. The average molecular weight is 329 g/mol. The molecule has 0 aliphatic rings. The third-order valence-electron chi connectivity index (χ3n) is 4.09. The first-order chi connectivity index (χ1) is 11.4. The quantitative estimate of drug-likeness (QED) is 0.778. The van der Waals surface area contributed by atoms with Crippen molar-refractivity contribution in [3.05, 3.63) is 40.5 Å². The molecule has 7 heteroatoms. The molecule has 7 nitrogen and oxygen atoms in total. The number of rotatable bonds is 5. The van der Waals surface area contributed by atoms with Crippen molar-refractivity contribution in [2.45, 2.75) is 33.2 Å². The van der Waals surface area contributed by atoms with Crippen molar-refractivity contribution < 1.29 is 4.42 Å². The number of fused-ring (bicyclic) bond motifs is 1. The van der Waals surface area contributed by atoms with E-state index in [1.807, 2.05) is 25.1 Å². The molecule has 0 bridgehead atoms. The van der Waals surface area contributed by atoms with Crippen molar-refractivity contribution in [1.82, 2.24) is 19.3 Å². The van der Waals surface area contributed by atoms with Crippen LogP contribution in [0.25, 0.3) is 11.0 Å². The molecule has 1 N–H and O–H groups in total. The Morgan fingerprint density at radius 1 is 1.12 bits per heavy atom. The zero-order chi connectivity index (χ0) is 17.4. The summed E-state index contributed by atoms with van der Waals surface area (Å²) in [5.41, 5.74) is 2.65. The Kier molecular flexibility index (Phi) is 4.17. The minimum absolute atomic E-state index is 0.0366. The predicted octanol–water partition coefficient (Wildman–Crippen LogP) is 2.63. The molecular weight excluding hydrogens is 306 g/mol. The molecule has 128 valence electrons. The molecule has 0 saturated carbocycles. The summed E-state index contributed by atoms with van der Waals surface area (Å²) in [4.78, 5) is 12.0. The van der Waals surface area contributed by atoms with E-state index >= 15 is 0 Å². The first kappa shape index (κ1) is 16.3. The molecule has 0 aliphatic heterocycles. The molecule has 0 saturated heterocycles. The summed E-state index contributed by atoms with van der Waals surface area (Å²) >= 11 is 0. The van der Waals surface area contributed by atoms with Crippen molar-refractivity contribution >= 4 is 16.7 Å². The number of hydrogen-bond donors (Lipinski definition) is 1. The number of benzene rings is 1. The van der Waals surface area contributed by atoms with Crippen molar-refractivity contribution in [3.8, 4) is 0 Å². The second-order valence-electron chi connectivity index (χ2n) is 6.60. The Labute approximate surface area is 140 Å². The number of aromatic nitrogens is 4. The van der Waals surface area contributed by atoms with Gasteiger partial charge in [-0.2, -0.15) is 0 Å². The van der Waals surface area contributed by atoms with Crippen LogP contribution in [0.4, 0.5) is 5.69 Å². The van der Waals surface area contributed by atoms with Gasteiger partial charge in [-0.3, -0.25) is 9.13 Å². The molecule has 2 aromatic heterocycles. The Morgan fingerprint density at radius 3 is 2.54 bits per heavy atom. The molecule has 0 spiro atoms. The molecule has 0 fully saturated rings. The summed E-state index contributed by atoms with van der Waals surface area (Å²) in [7, 11) is 3.54. The van der Waals surface area contributed by atoms with Crippen LogP contribution < -0.4 is 11.0 Å². The normalized spacial score (nSPS) is 12.9. The van der Waals surface area contributed by atoms with Crippen LogP contribution in [0.2, 0.25) is 0 Å². The highest BCUT2D eigenvalue weighted by Gasteiger charge is 2.15. The van der Waals surface area contributed by atoms with Gasteiger partial charge >= 0.3 is 5.69 Å². The van der Waals surface area contributed by atoms with Crippen LogP contribution in [-0.4, -0.2) is 19.3 Å². The van der Waals surface area contributed by atoms with Gasteiger partial charge in [0.15, 0.2) is 0 Å². The molecule has 0 aliphatic carbocycles. The maximum Gasteiger partial charge on any atom is 0.328 e. The Hall–Kier alpha value is -2.57. The molecule has 1 atom stereocenters. The molecule has 0 radical (unpaired) electrons. The zero-order valence-corrected chi connectivity index (χ0v) is 14.7. The number of hydrogen-bond acceptors (Lipinski definition) is 5. The van der Waals surface area contributed by atoms with Gasteiger partial charge < -0.3 is 9.73 Å². The Morgan fingerprint density at radius 2 is 1.83 bits per heavy atom. The predicted molar refractivity (Wildman–Crippen MR) is 93.0 cm³/mol. The fourth-order valence-corrected chi connectivity index (χ4v) is 2.78. The molecule has 0 amide bonds. The van der Waals surface area contributed by atoms with Crippen LogP contribution in [0.5, 0.6) is 0 Å². The number of aryl methyl sites for hydroxylation is 2. The van der Waals surface area contributed by atoms with Crippen molar-refractivity contribution in [1.29, 1.82) is 0 Å². The van der Waals surface area contributed by atoms with E-state index in [-0.39, 0.29) is 11.7 Å². The van der Waals surface area contributed by atoms with E-state index in [0.717, 1.165) is 23.1 Å². The van der Waals surface area contributed by atoms with E-state index in [4.69, 9.17) is 4.42 Å². The highest BCUT2D eigenvalue weighted by molar-refractivity contribution is 5.80. The van der Waals surface area contributed by atoms with Gasteiger partial charge in [0.1, 0.15) is 6.04 Å². The third kappa shape index (κ3) is 2.93. The monoisotopic (exact) mass is 329 g/mol. The number of nitrogens with one attached hydrogen (secondary N) is 1. The summed E-state index contributed by atoms with van der Waals surface area (Å²) < 4.78 is 8.99. The minimum Gasteiger partial charge on any atom is -0.423 e. The SMILES string of the molecule is CC(C)Cc1nnc([C@H](C)Nc2ccc3c(c2)n(C)c(=O)n3C)o1. The molecule has 3 aromatic rings. The van der Waals surface area contributed by atoms with Crippen LogP contribution >= 0.6 is 0 Å². The second kappa shape index (κ2) is 6.14. The average Bonchev–Trinajstić information content (AvgIpc) is 3.07. The van der Waals surface area contributed by atoms with E-state index in [9.17, 15) is 4.79 Å². The number of imidazole rings is 1. The molecular formula is C17H23N5O2. The lowest BCUT2D eigenvalue weighted by Crippen LogP contribution is -2.19. The van der Waals surface area contributed by atoms with Gasteiger partial charge in [-0.15, -0.1) is 10.2 Å². The van der Waals surface area contributed by atoms with Crippen LogP contribution in [0.1, 0.15) is 38.6 Å². The standard InChI is InChI=1S/C17H23N5O2/c1-10(2)8-15-19-20-16(24-15)11(3)18-12-6-7-13-14(9-12)22(5)17(23)21(13)4/h6-7,9-11,18H,8H2,1-5H3/t11-/m0/s1. The Balaban J connectivity index is 1.82. The number of anilines is 1. The largest absolute Gasteiger partial charge is 0.423 e. The fraction of sp³-hybridized carbons (Fsp3) is 0.471. The first-order valence-corrected chi connectivity index (χ1v) is 8.11. The third-order valence-corrected chi connectivity index (χ3v) is 4.09. The van der Waals surface area contributed by atoms with Crippen LogP contribution in [0.15, 0.2) is 27.4 Å². The van der Waals surface area contributed by atoms with E-state index in [0.29, 0.717) is 17.7 Å². The first-order valence-electron chi connectivity index (χ1n) is 8.11. The summed E-state index contributed by atoms with van der Waals surface area (Å²) in [6.45, 7) is 6.21. The van der Waals surface area contributed by atoms with Gasteiger partial charge in [0, 0.05) is 26.2 Å². The second-order valence-corrected chi connectivity index (χ2v) is 6.60. The molecule has 1 aromatic carbocycles. The maximum absolute atomic E-state index is 12.0. The molecule has 3 rings (SSSR count). The summed E-state index contributed by atoms with van der Waals surface area (Å²) in [6, 6.07) is 5.73. The topological polar surface area (TPSA) is 77.9 Å². The highest BCUT2D eigenvalue weighted by Crippen LogP contribution is 2.22. The lowest BCUT2D eigenvalue weighted by atomic mass is 10.1. The van der Waals surface area contributed by atoms with Gasteiger partial charge in [0.25, 0.3) is 0 Å². The van der Waals surface area contributed by atoms with Gasteiger partial charge in [-0.25, -0.2) is 4.79 Å². The van der Waals surface area contributed by atoms with Crippen molar-refractivity contribution in [2.24, 2.45) is 20.0 Å². The van der Waals surface area contributed by atoms with Gasteiger partial charge in [-0.05, 0) is 31.0 Å². The van der Waals surface area contributed by atoms with Gasteiger partial charge in [-0.1, -0.05) is 13.8 Å². The van der Waals surface area contributed by atoms with Gasteiger partial charge in [0.05, 0.1) is 11.0 Å². The highest BCUT2D eigenvalue weighted by atomic mass is 16.4. The summed E-state index contributed by atoms with van der Waals surface area (Å²) in [6.07, 6.45) is 0.776. The van der Waals surface area contributed by atoms with E-state index in [2.05, 4.69) is 29.4 Å². The van der Waals surface area contributed by atoms with Crippen molar-refractivity contribution in [3.63, 3.8) is 0 Å². The zero-order valence-electron chi connectivity index (χ0n) is 14.7. The number of nitrogens with zero attached hydrogens (tertiary/aromatic N) is 4. The van der Waals surface area contributed by atoms with E-state index < -0.39 is 0 Å². The van der Waals surface area contributed by atoms with E-state index in [1.54, 1.807) is 23.2 Å². The van der Waals surface area contributed by atoms with Crippen LogP contribution in [0.3, 0.4) is 0 Å². The van der Waals surface area contributed by atoms with Crippen LogP contribution in [0, 0.1) is 5.92 Å². The van der Waals surface area contributed by atoms with E-state index in [1.165, 1.54) is 0 Å². The molecule has 24 heavy (non-hydrogen) atoms. The maximum atomic E-state index is 12.0. The lowest BCUT2D eigenvalue weighted by Gasteiger charge is -2.11. The molecule has 0 unspecified atom stereocenters. The van der Waals surface area contributed by atoms with Crippen molar-refractivity contribution in [2.75, 3.05) is 5.32 Å². The lowest BCUT2D eigenvalue weighted by molar-refractivity contribution is 0.414. The van der Waals surface area contributed by atoms with Gasteiger partial charge in [0.2, 0.25) is 11.8 Å². The summed E-state index contributed by atoms with van der Waals surface area (Å²) in [5.74, 6) is 1.70. The minimum atomic E-state index is -0.114. The fourth-order valence-electron chi connectivity index (χ4n) is 2.78. The molecule has 2 heterocycles. The smallest absolute Gasteiger partial charge is 0.328 e.